The van der Waals surface area contributed by atoms with E-state index in [2.05, 4.69) is 15.6 Å². The van der Waals surface area contributed by atoms with Gasteiger partial charge < -0.3 is 16.4 Å². The molecule has 21 heavy (non-hydrogen) atoms. The summed E-state index contributed by atoms with van der Waals surface area (Å²) in [6.45, 7) is -0.0200. The number of carbonyl (C=O) groups is 2. The maximum atomic E-state index is 11.7. The SMILES string of the molecule is Nc1ccc(NC(=O)CNC(=O)CCC2CCCC2)cn1. The van der Waals surface area contributed by atoms with Crippen molar-refractivity contribution < 1.29 is 9.59 Å². The lowest BCUT2D eigenvalue weighted by atomic mass is 10.0. The molecule has 1 aliphatic carbocycles. The molecule has 0 unspecified atom stereocenters. The second-order valence-electron chi connectivity index (χ2n) is 5.49. The minimum absolute atomic E-state index is 0.0200. The first-order valence-electron chi connectivity index (χ1n) is 7.41. The molecular weight excluding hydrogens is 268 g/mol. The lowest BCUT2D eigenvalue weighted by molar-refractivity contribution is -0.124. The van der Waals surface area contributed by atoms with Crippen LogP contribution in [-0.2, 0) is 9.59 Å². The van der Waals surface area contributed by atoms with Crippen LogP contribution in [0.1, 0.15) is 38.5 Å². The molecule has 0 saturated heterocycles. The molecule has 0 atom stereocenters. The van der Waals surface area contributed by atoms with E-state index in [1.54, 1.807) is 12.1 Å². The van der Waals surface area contributed by atoms with Gasteiger partial charge in [0.25, 0.3) is 0 Å². The quantitative estimate of drug-likeness (QED) is 0.742. The van der Waals surface area contributed by atoms with E-state index in [0.717, 1.165) is 6.42 Å². The van der Waals surface area contributed by atoms with Crippen molar-refractivity contribution >= 4 is 23.3 Å². The number of nitrogens with two attached hydrogens (primary N) is 1. The van der Waals surface area contributed by atoms with Gasteiger partial charge in [-0.25, -0.2) is 4.98 Å². The van der Waals surface area contributed by atoms with Crippen molar-refractivity contribution in [1.82, 2.24) is 10.3 Å². The van der Waals surface area contributed by atoms with Gasteiger partial charge in [0.1, 0.15) is 5.82 Å². The van der Waals surface area contributed by atoms with E-state index in [-0.39, 0.29) is 18.4 Å². The first-order valence-corrected chi connectivity index (χ1v) is 7.41. The Kier molecular flexibility index (Phi) is 5.54. The van der Waals surface area contributed by atoms with Gasteiger partial charge in [-0.05, 0) is 24.5 Å². The van der Waals surface area contributed by atoms with Crippen LogP contribution >= 0.6 is 0 Å². The average molecular weight is 290 g/mol. The molecule has 6 nitrogen and oxygen atoms in total. The molecule has 1 saturated carbocycles. The van der Waals surface area contributed by atoms with Crippen LogP contribution in [0, 0.1) is 5.92 Å². The van der Waals surface area contributed by atoms with Crippen LogP contribution in [0.25, 0.3) is 0 Å². The van der Waals surface area contributed by atoms with E-state index >= 15 is 0 Å². The first kappa shape index (κ1) is 15.3. The van der Waals surface area contributed by atoms with Gasteiger partial charge >= 0.3 is 0 Å². The summed E-state index contributed by atoms with van der Waals surface area (Å²) in [4.78, 5) is 27.2. The molecule has 2 amide bonds. The Morgan fingerprint density at radius 1 is 1.24 bits per heavy atom. The molecule has 4 N–H and O–H groups in total. The van der Waals surface area contributed by atoms with E-state index < -0.39 is 0 Å². The minimum atomic E-state index is -0.268. The third kappa shape index (κ3) is 5.41. The number of nitrogens with zero attached hydrogens (tertiary/aromatic N) is 1. The second-order valence-corrected chi connectivity index (χ2v) is 5.49. The van der Waals surface area contributed by atoms with Gasteiger partial charge in [-0.2, -0.15) is 0 Å². The molecule has 1 aromatic heterocycles. The first-order chi connectivity index (χ1) is 10.1. The molecule has 1 fully saturated rings. The number of nitrogen functional groups attached to an aromatic ring is 1. The summed E-state index contributed by atoms with van der Waals surface area (Å²) < 4.78 is 0. The summed E-state index contributed by atoms with van der Waals surface area (Å²) in [6, 6.07) is 3.28. The molecule has 1 aliphatic rings. The molecule has 0 spiro atoms. The van der Waals surface area contributed by atoms with Crippen LogP contribution in [0.3, 0.4) is 0 Å². The number of pyridine rings is 1. The lowest BCUT2D eigenvalue weighted by Gasteiger charge is -2.09. The van der Waals surface area contributed by atoms with Gasteiger partial charge in [0.15, 0.2) is 0 Å². The smallest absolute Gasteiger partial charge is 0.243 e. The molecule has 0 radical (unpaired) electrons. The molecular formula is C15H22N4O2. The molecule has 2 rings (SSSR count). The number of anilines is 2. The highest BCUT2D eigenvalue weighted by Crippen LogP contribution is 2.28. The summed E-state index contributed by atoms with van der Waals surface area (Å²) in [5.74, 6) is 0.752. The Hall–Kier alpha value is -2.11. The minimum Gasteiger partial charge on any atom is -0.384 e. The third-order valence-corrected chi connectivity index (χ3v) is 3.77. The van der Waals surface area contributed by atoms with Crippen LogP contribution in [0.4, 0.5) is 11.5 Å². The number of amides is 2. The Morgan fingerprint density at radius 2 is 2.00 bits per heavy atom. The van der Waals surface area contributed by atoms with Gasteiger partial charge in [0.05, 0.1) is 18.4 Å². The number of nitrogens with one attached hydrogen (secondary N) is 2. The zero-order valence-corrected chi connectivity index (χ0v) is 12.1. The molecule has 1 aromatic rings. The van der Waals surface area contributed by atoms with E-state index in [0.29, 0.717) is 23.8 Å². The van der Waals surface area contributed by atoms with E-state index in [1.807, 2.05) is 0 Å². The number of hydrogen-bond donors (Lipinski definition) is 3. The Morgan fingerprint density at radius 3 is 2.67 bits per heavy atom. The molecule has 1 heterocycles. The maximum absolute atomic E-state index is 11.7. The van der Waals surface area contributed by atoms with Crippen molar-refractivity contribution in [1.29, 1.82) is 0 Å². The van der Waals surface area contributed by atoms with Crippen molar-refractivity contribution in [2.75, 3.05) is 17.6 Å². The summed E-state index contributed by atoms with van der Waals surface area (Å²) in [5.41, 5.74) is 6.02. The van der Waals surface area contributed by atoms with Crippen LogP contribution in [0.2, 0.25) is 0 Å². The van der Waals surface area contributed by atoms with Crippen LogP contribution in [0.15, 0.2) is 18.3 Å². The number of carbonyl (C=O) groups excluding carboxylic acids is 2. The molecule has 0 aromatic carbocycles. The molecule has 6 heteroatoms. The third-order valence-electron chi connectivity index (χ3n) is 3.77. The summed E-state index contributed by atoms with van der Waals surface area (Å²) >= 11 is 0. The summed E-state index contributed by atoms with van der Waals surface area (Å²) in [6.07, 6.45) is 7.94. The molecule has 114 valence electrons. The highest BCUT2D eigenvalue weighted by atomic mass is 16.2. The fourth-order valence-electron chi connectivity index (χ4n) is 2.59. The Bertz CT molecular complexity index is 481. The van der Waals surface area contributed by atoms with E-state index in [4.69, 9.17) is 5.73 Å². The topological polar surface area (TPSA) is 97.1 Å². The summed E-state index contributed by atoms with van der Waals surface area (Å²) in [5, 5.41) is 5.29. The highest BCUT2D eigenvalue weighted by molar-refractivity contribution is 5.94. The summed E-state index contributed by atoms with van der Waals surface area (Å²) in [7, 11) is 0. The standard InChI is InChI=1S/C15H22N4O2/c16-13-7-6-12(9-17-13)19-15(21)10-18-14(20)8-5-11-3-1-2-4-11/h6-7,9,11H,1-5,8,10H2,(H2,16,17)(H,18,20)(H,19,21). The zero-order valence-electron chi connectivity index (χ0n) is 12.1. The average Bonchev–Trinajstić information content (AvgIpc) is 2.99. The maximum Gasteiger partial charge on any atom is 0.243 e. The fourth-order valence-corrected chi connectivity index (χ4v) is 2.59. The second kappa shape index (κ2) is 7.61. The van der Waals surface area contributed by atoms with Gasteiger partial charge in [0, 0.05) is 6.42 Å². The Labute approximate surface area is 124 Å². The van der Waals surface area contributed by atoms with Crippen LogP contribution in [-0.4, -0.2) is 23.3 Å². The van der Waals surface area contributed by atoms with Crippen molar-refractivity contribution in [3.8, 4) is 0 Å². The normalized spacial score (nSPS) is 14.9. The number of aromatic nitrogens is 1. The lowest BCUT2D eigenvalue weighted by Crippen LogP contribution is -2.32. The van der Waals surface area contributed by atoms with Gasteiger partial charge in [0.2, 0.25) is 11.8 Å². The highest BCUT2D eigenvalue weighted by Gasteiger charge is 2.16. The van der Waals surface area contributed by atoms with E-state index in [9.17, 15) is 9.59 Å². The predicted molar refractivity (Wildman–Crippen MR) is 81.5 cm³/mol. The van der Waals surface area contributed by atoms with Gasteiger partial charge in [-0.1, -0.05) is 25.7 Å². The molecule has 0 aliphatic heterocycles. The van der Waals surface area contributed by atoms with Crippen molar-refractivity contribution in [3.05, 3.63) is 18.3 Å². The zero-order chi connectivity index (χ0) is 15.1. The Balaban J connectivity index is 1.63. The van der Waals surface area contributed by atoms with Crippen LogP contribution < -0.4 is 16.4 Å². The largest absolute Gasteiger partial charge is 0.384 e. The van der Waals surface area contributed by atoms with Gasteiger partial charge in [-0.15, -0.1) is 0 Å². The predicted octanol–water partition coefficient (Wildman–Crippen LogP) is 1.69. The van der Waals surface area contributed by atoms with Crippen molar-refractivity contribution in [2.24, 2.45) is 5.92 Å². The number of rotatable bonds is 6. The number of hydrogen-bond acceptors (Lipinski definition) is 4. The fraction of sp³-hybridized carbons (Fsp3) is 0.533. The van der Waals surface area contributed by atoms with Gasteiger partial charge in [-0.3, -0.25) is 9.59 Å². The monoisotopic (exact) mass is 290 g/mol. The van der Waals surface area contributed by atoms with E-state index in [1.165, 1.54) is 31.9 Å². The van der Waals surface area contributed by atoms with Crippen molar-refractivity contribution in [2.45, 2.75) is 38.5 Å². The van der Waals surface area contributed by atoms with Crippen molar-refractivity contribution in [3.63, 3.8) is 0 Å². The molecule has 0 bridgehead atoms. The van der Waals surface area contributed by atoms with Crippen LogP contribution in [0.5, 0.6) is 0 Å².